The molecule has 1 aromatic carbocycles. The van der Waals surface area contributed by atoms with E-state index in [4.69, 9.17) is 0 Å². The van der Waals surface area contributed by atoms with E-state index in [0.29, 0.717) is 31.1 Å². The number of benzene rings is 1. The Balaban J connectivity index is 1.70. The molecule has 0 unspecified atom stereocenters. The summed E-state index contributed by atoms with van der Waals surface area (Å²) in [6.45, 7) is 4.19. The summed E-state index contributed by atoms with van der Waals surface area (Å²) in [5, 5.41) is 7.94. The Morgan fingerprint density at radius 1 is 1.04 bits per heavy atom. The van der Waals surface area contributed by atoms with Crippen molar-refractivity contribution in [3.05, 3.63) is 48.2 Å². The van der Waals surface area contributed by atoms with Gasteiger partial charge in [-0.3, -0.25) is 0 Å². The zero-order valence-electron chi connectivity index (χ0n) is 13.1. The van der Waals surface area contributed by atoms with Gasteiger partial charge in [0.15, 0.2) is 5.82 Å². The normalized spacial score (nSPS) is 16.5. The van der Waals surface area contributed by atoms with Gasteiger partial charge in [0.05, 0.1) is 4.90 Å². The number of hydrogen-bond donors (Lipinski definition) is 0. The highest BCUT2D eigenvalue weighted by Crippen LogP contribution is 2.20. The summed E-state index contributed by atoms with van der Waals surface area (Å²) in [7, 11) is -3.42. The summed E-state index contributed by atoms with van der Waals surface area (Å²) < 4.78 is 27.0. The highest BCUT2D eigenvalue weighted by molar-refractivity contribution is 7.89. The van der Waals surface area contributed by atoms with Crippen molar-refractivity contribution in [1.82, 2.24) is 14.5 Å². The van der Waals surface area contributed by atoms with Crippen molar-refractivity contribution in [1.29, 1.82) is 0 Å². The lowest BCUT2D eigenvalue weighted by Gasteiger charge is -2.34. The number of nitrogens with zero attached hydrogens (tertiary/aromatic N) is 4. The van der Waals surface area contributed by atoms with Crippen molar-refractivity contribution < 1.29 is 8.42 Å². The van der Waals surface area contributed by atoms with Gasteiger partial charge >= 0.3 is 0 Å². The molecule has 3 rings (SSSR count). The van der Waals surface area contributed by atoms with E-state index in [1.54, 1.807) is 22.6 Å². The Morgan fingerprint density at radius 2 is 1.74 bits per heavy atom. The molecule has 1 saturated heterocycles. The molecule has 0 atom stereocenters. The Kier molecular flexibility index (Phi) is 4.58. The summed E-state index contributed by atoms with van der Waals surface area (Å²) in [4.78, 5) is 2.42. The molecule has 0 spiro atoms. The zero-order valence-corrected chi connectivity index (χ0v) is 13.9. The highest BCUT2D eigenvalue weighted by Gasteiger charge is 2.28. The van der Waals surface area contributed by atoms with E-state index in [2.05, 4.69) is 22.0 Å². The molecule has 0 N–H and O–H groups in total. The lowest BCUT2D eigenvalue weighted by molar-refractivity contribution is 0.383. The molecule has 1 aliphatic heterocycles. The lowest BCUT2D eigenvalue weighted by atomic mass is 10.2. The Labute approximate surface area is 136 Å². The molecule has 0 amide bonds. The topological polar surface area (TPSA) is 66.4 Å². The molecule has 1 aliphatic rings. The maximum Gasteiger partial charge on any atom is 0.243 e. The van der Waals surface area contributed by atoms with E-state index >= 15 is 0 Å². The second-order valence-corrected chi connectivity index (χ2v) is 7.41. The first-order valence-electron chi connectivity index (χ1n) is 7.73. The third kappa shape index (κ3) is 3.35. The van der Waals surface area contributed by atoms with Crippen molar-refractivity contribution in [3.8, 4) is 0 Å². The molecule has 1 fully saturated rings. The molecule has 6 nitrogen and oxygen atoms in total. The van der Waals surface area contributed by atoms with Gasteiger partial charge in [-0.2, -0.15) is 9.40 Å². The number of sulfonamides is 1. The quantitative estimate of drug-likeness (QED) is 0.850. The van der Waals surface area contributed by atoms with Crippen LogP contribution >= 0.6 is 0 Å². The summed E-state index contributed by atoms with van der Waals surface area (Å²) in [5.41, 5.74) is 1.14. The number of aromatic nitrogens is 2. The van der Waals surface area contributed by atoms with Crippen LogP contribution in [0.4, 0.5) is 5.82 Å². The monoisotopic (exact) mass is 332 g/mol. The molecule has 122 valence electrons. The fourth-order valence-electron chi connectivity index (χ4n) is 2.67. The van der Waals surface area contributed by atoms with Gasteiger partial charge in [0.25, 0.3) is 0 Å². The number of rotatable bonds is 4. The van der Waals surface area contributed by atoms with Crippen LogP contribution in [0.3, 0.4) is 0 Å². The lowest BCUT2D eigenvalue weighted by Crippen LogP contribution is -2.48. The Bertz CT molecular complexity index is 739. The first kappa shape index (κ1) is 15.9. The molecule has 2 heterocycles. The van der Waals surface area contributed by atoms with Gasteiger partial charge in [-0.25, -0.2) is 8.42 Å². The van der Waals surface area contributed by atoms with Crippen LogP contribution in [0.2, 0.25) is 0 Å². The van der Waals surface area contributed by atoms with Crippen molar-refractivity contribution >= 4 is 15.8 Å². The Hall–Kier alpha value is -1.99. The minimum Gasteiger partial charge on any atom is -0.352 e. The standard InChI is InChI=1S/C16H20N4O2S/c1-2-14-5-7-15(8-6-14)23(21,22)20-12-10-19(11-13-20)16-4-3-9-17-18-16/h3-9H,2,10-13H2,1H3. The fraction of sp³-hybridized carbons (Fsp3) is 0.375. The van der Waals surface area contributed by atoms with Gasteiger partial charge < -0.3 is 4.90 Å². The van der Waals surface area contributed by atoms with E-state index in [0.717, 1.165) is 17.8 Å². The molecule has 23 heavy (non-hydrogen) atoms. The minimum atomic E-state index is -3.42. The van der Waals surface area contributed by atoms with E-state index in [-0.39, 0.29) is 0 Å². The maximum absolute atomic E-state index is 12.7. The van der Waals surface area contributed by atoms with E-state index in [1.807, 2.05) is 24.3 Å². The summed E-state index contributed by atoms with van der Waals surface area (Å²) in [6.07, 6.45) is 2.53. The van der Waals surface area contributed by atoms with Gasteiger partial charge in [-0.05, 0) is 36.2 Å². The van der Waals surface area contributed by atoms with Crippen LogP contribution in [0.1, 0.15) is 12.5 Å². The van der Waals surface area contributed by atoms with Crippen molar-refractivity contribution in [3.63, 3.8) is 0 Å². The number of anilines is 1. The Morgan fingerprint density at radius 3 is 2.30 bits per heavy atom. The van der Waals surface area contributed by atoms with Gasteiger partial charge in [0, 0.05) is 32.4 Å². The number of piperazine rings is 1. The predicted octanol–water partition coefficient (Wildman–Crippen LogP) is 1.55. The van der Waals surface area contributed by atoms with Crippen molar-refractivity contribution in [2.75, 3.05) is 31.1 Å². The average Bonchev–Trinajstić information content (AvgIpc) is 2.62. The molecule has 7 heteroatoms. The molecule has 0 bridgehead atoms. The van der Waals surface area contributed by atoms with E-state index in [1.165, 1.54) is 0 Å². The number of aryl methyl sites for hydroxylation is 1. The predicted molar refractivity (Wildman–Crippen MR) is 88.8 cm³/mol. The minimum absolute atomic E-state index is 0.364. The second kappa shape index (κ2) is 6.64. The SMILES string of the molecule is CCc1ccc(S(=O)(=O)N2CCN(c3cccnn3)CC2)cc1. The van der Waals surface area contributed by atoms with E-state index in [9.17, 15) is 8.42 Å². The van der Waals surface area contributed by atoms with Crippen LogP contribution in [-0.2, 0) is 16.4 Å². The maximum atomic E-state index is 12.7. The average molecular weight is 332 g/mol. The van der Waals surface area contributed by atoms with Crippen LogP contribution in [-0.4, -0.2) is 49.1 Å². The third-order valence-corrected chi connectivity index (χ3v) is 6.00. The van der Waals surface area contributed by atoms with E-state index < -0.39 is 10.0 Å². The molecule has 0 aliphatic carbocycles. The first-order valence-corrected chi connectivity index (χ1v) is 9.17. The van der Waals surface area contributed by atoms with Gasteiger partial charge in [0.2, 0.25) is 10.0 Å². The van der Waals surface area contributed by atoms with Gasteiger partial charge in [-0.15, -0.1) is 5.10 Å². The van der Waals surface area contributed by atoms with Crippen molar-refractivity contribution in [2.45, 2.75) is 18.2 Å². The van der Waals surface area contributed by atoms with Crippen LogP contribution < -0.4 is 4.90 Å². The summed E-state index contributed by atoms with van der Waals surface area (Å²) in [6, 6.07) is 10.9. The van der Waals surface area contributed by atoms with Crippen LogP contribution in [0.15, 0.2) is 47.5 Å². The molecule has 0 saturated carbocycles. The largest absolute Gasteiger partial charge is 0.352 e. The van der Waals surface area contributed by atoms with Crippen LogP contribution in [0.5, 0.6) is 0 Å². The van der Waals surface area contributed by atoms with Gasteiger partial charge in [-0.1, -0.05) is 19.1 Å². The smallest absolute Gasteiger partial charge is 0.243 e. The molecule has 2 aromatic rings. The number of hydrogen-bond acceptors (Lipinski definition) is 5. The summed E-state index contributed by atoms with van der Waals surface area (Å²) in [5.74, 6) is 0.789. The van der Waals surface area contributed by atoms with Crippen LogP contribution in [0, 0.1) is 0 Å². The van der Waals surface area contributed by atoms with Gasteiger partial charge in [0.1, 0.15) is 0 Å². The molecular formula is C16H20N4O2S. The second-order valence-electron chi connectivity index (χ2n) is 5.47. The highest BCUT2D eigenvalue weighted by atomic mass is 32.2. The molecular weight excluding hydrogens is 312 g/mol. The van der Waals surface area contributed by atoms with Crippen LogP contribution in [0.25, 0.3) is 0 Å². The molecule has 1 aromatic heterocycles. The fourth-order valence-corrected chi connectivity index (χ4v) is 4.09. The summed E-state index contributed by atoms with van der Waals surface area (Å²) >= 11 is 0. The third-order valence-electron chi connectivity index (χ3n) is 4.09. The zero-order chi connectivity index (χ0) is 16.3. The van der Waals surface area contributed by atoms with Crippen molar-refractivity contribution in [2.24, 2.45) is 0 Å². The first-order chi connectivity index (χ1) is 11.1. The molecule has 0 radical (unpaired) electrons.